The maximum absolute atomic E-state index is 12.5. The lowest BCUT2D eigenvalue weighted by Crippen LogP contribution is -2.13. The van der Waals surface area contributed by atoms with Gasteiger partial charge in [-0.05, 0) is 24.6 Å². The van der Waals surface area contributed by atoms with Gasteiger partial charge in [-0.3, -0.25) is 9.78 Å². The Labute approximate surface area is 117 Å². The molecule has 0 fully saturated rings. The maximum atomic E-state index is 12.5. The first kappa shape index (κ1) is 12.8. The molecule has 0 aliphatic heterocycles. The van der Waals surface area contributed by atoms with Crippen LogP contribution in [-0.4, -0.2) is 14.5 Å². The predicted octanol–water partition coefficient (Wildman–Crippen LogP) is 3.13. The number of pyridine rings is 3. The van der Waals surface area contributed by atoms with Crippen molar-refractivity contribution < 1.29 is 0 Å². The molecule has 0 radical (unpaired) electrons. The zero-order valence-corrected chi connectivity index (χ0v) is 11.5. The van der Waals surface area contributed by atoms with E-state index in [1.54, 1.807) is 18.6 Å². The molecule has 0 aliphatic carbocycles. The van der Waals surface area contributed by atoms with Crippen LogP contribution in [0.2, 0.25) is 0 Å². The van der Waals surface area contributed by atoms with Crippen molar-refractivity contribution in [1.82, 2.24) is 14.5 Å². The summed E-state index contributed by atoms with van der Waals surface area (Å²) in [5.41, 5.74) is 1.71. The van der Waals surface area contributed by atoms with E-state index >= 15 is 0 Å². The Kier molecular flexibility index (Phi) is 3.46. The second-order valence-corrected chi connectivity index (χ2v) is 4.96. The lowest BCUT2D eigenvalue weighted by molar-refractivity contribution is 0.623. The van der Waals surface area contributed by atoms with Gasteiger partial charge in [0.05, 0.1) is 16.3 Å². The number of hydrogen-bond donors (Lipinski definition) is 0. The lowest BCUT2D eigenvalue weighted by atomic mass is 10.1. The van der Waals surface area contributed by atoms with Crippen LogP contribution in [0, 0.1) is 0 Å². The summed E-state index contributed by atoms with van der Waals surface area (Å²) < 4.78 is 2.14. The molecular weight excluding hydrogens is 250 g/mol. The quantitative estimate of drug-likeness (QED) is 0.539. The van der Waals surface area contributed by atoms with Gasteiger partial charge < -0.3 is 4.57 Å². The molecule has 4 nitrogen and oxygen atoms in total. The topological polar surface area (TPSA) is 47.8 Å². The monoisotopic (exact) mass is 267 g/mol. The lowest BCUT2D eigenvalue weighted by Gasteiger charge is -2.13. The minimum Gasteiger partial charge on any atom is -0.325 e. The Morgan fingerprint density at radius 1 is 1.15 bits per heavy atom. The fraction of sp³-hybridized carbons (Fsp3) is 0.312. The summed E-state index contributed by atoms with van der Waals surface area (Å²) >= 11 is 0. The Morgan fingerprint density at radius 2 is 2.05 bits per heavy atom. The molecule has 0 aliphatic rings. The highest BCUT2D eigenvalue weighted by Crippen LogP contribution is 2.17. The first-order valence-corrected chi connectivity index (χ1v) is 7.04. The van der Waals surface area contributed by atoms with Crippen molar-refractivity contribution in [2.45, 2.75) is 32.7 Å². The molecule has 4 heteroatoms. The van der Waals surface area contributed by atoms with Gasteiger partial charge in [0, 0.05) is 25.1 Å². The molecule has 0 amide bonds. The molecule has 3 aromatic rings. The highest BCUT2D eigenvalue weighted by molar-refractivity contribution is 5.91. The number of nitrogens with zero attached hydrogens (tertiary/aromatic N) is 3. The summed E-state index contributed by atoms with van der Waals surface area (Å²) in [6, 6.07) is 5.55. The molecule has 0 aromatic carbocycles. The fourth-order valence-electron chi connectivity index (χ4n) is 2.59. The van der Waals surface area contributed by atoms with Crippen LogP contribution >= 0.6 is 0 Å². The third-order valence-electron chi connectivity index (χ3n) is 3.61. The van der Waals surface area contributed by atoms with Crippen LogP contribution in [0.25, 0.3) is 21.9 Å². The highest BCUT2D eigenvalue weighted by Gasteiger charge is 2.10. The van der Waals surface area contributed by atoms with Gasteiger partial charge in [-0.2, -0.15) is 0 Å². The summed E-state index contributed by atoms with van der Waals surface area (Å²) in [6.45, 7) is 3.06. The second-order valence-electron chi connectivity index (χ2n) is 4.96. The van der Waals surface area contributed by atoms with E-state index in [-0.39, 0.29) is 5.43 Å². The van der Waals surface area contributed by atoms with E-state index in [4.69, 9.17) is 0 Å². The van der Waals surface area contributed by atoms with E-state index in [0.717, 1.165) is 24.1 Å². The summed E-state index contributed by atoms with van der Waals surface area (Å²) in [4.78, 5) is 21.0. The zero-order valence-electron chi connectivity index (χ0n) is 11.5. The molecule has 102 valence electrons. The average Bonchev–Trinajstić information content (AvgIpc) is 2.51. The van der Waals surface area contributed by atoms with Crippen molar-refractivity contribution in [3.8, 4) is 0 Å². The van der Waals surface area contributed by atoms with Gasteiger partial charge in [0.1, 0.15) is 5.65 Å². The van der Waals surface area contributed by atoms with Gasteiger partial charge in [0.25, 0.3) is 0 Å². The van der Waals surface area contributed by atoms with Crippen LogP contribution in [0.15, 0.2) is 41.6 Å². The minimum absolute atomic E-state index is 0.0166. The summed E-state index contributed by atoms with van der Waals surface area (Å²) in [7, 11) is 0. The third-order valence-corrected chi connectivity index (χ3v) is 3.61. The fourth-order valence-corrected chi connectivity index (χ4v) is 2.59. The molecule has 0 atom stereocenters. The van der Waals surface area contributed by atoms with Crippen molar-refractivity contribution in [3.63, 3.8) is 0 Å². The largest absolute Gasteiger partial charge is 0.325 e. The molecule has 3 rings (SSSR count). The molecule has 20 heavy (non-hydrogen) atoms. The normalized spacial score (nSPS) is 11.2. The highest BCUT2D eigenvalue weighted by atomic mass is 16.1. The maximum Gasteiger partial charge on any atom is 0.200 e. The molecule has 0 spiro atoms. The SMILES string of the molecule is CCCCCn1c2ccncc2c(=O)c2cccnc21. The Hall–Kier alpha value is -2.23. The number of aryl methyl sites for hydroxylation is 1. The van der Waals surface area contributed by atoms with Crippen LogP contribution in [-0.2, 0) is 6.54 Å². The summed E-state index contributed by atoms with van der Waals surface area (Å²) in [6.07, 6.45) is 8.55. The molecule has 0 saturated heterocycles. The molecule has 0 unspecified atom stereocenters. The van der Waals surface area contributed by atoms with E-state index < -0.39 is 0 Å². The van der Waals surface area contributed by atoms with Crippen LogP contribution < -0.4 is 5.43 Å². The number of aromatic nitrogens is 3. The van der Waals surface area contributed by atoms with Crippen LogP contribution in [0.5, 0.6) is 0 Å². The second kappa shape index (κ2) is 5.41. The Bertz CT molecular complexity index is 748. The molecule has 3 heterocycles. The van der Waals surface area contributed by atoms with Gasteiger partial charge in [-0.15, -0.1) is 0 Å². The Morgan fingerprint density at radius 3 is 2.90 bits per heavy atom. The third kappa shape index (κ3) is 2.07. The molecule has 0 N–H and O–H groups in total. The van der Waals surface area contributed by atoms with Crippen LogP contribution in [0.1, 0.15) is 26.2 Å². The summed E-state index contributed by atoms with van der Waals surface area (Å²) in [5, 5.41) is 1.34. The molecule has 3 aromatic heterocycles. The van der Waals surface area contributed by atoms with Crippen molar-refractivity contribution in [3.05, 3.63) is 47.0 Å². The first-order valence-electron chi connectivity index (χ1n) is 7.04. The number of hydrogen-bond acceptors (Lipinski definition) is 3. The van der Waals surface area contributed by atoms with Crippen molar-refractivity contribution in [1.29, 1.82) is 0 Å². The Balaban J connectivity index is 2.31. The van der Waals surface area contributed by atoms with E-state index in [1.165, 1.54) is 12.8 Å². The van der Waals surface area contributed by atoms with Crippen molar-refractivity contribution in [2.24, 2.45) is 0 Å². The average molecular weight is 267 g/mol. The van der Waals surface area contributed by atoms with Gasteiger partial charge in [-0.1, -0.05) is 19.8 Å². The van der Waals surface area contributed by atoms with Crippen molar-refractivity contribution in [2.75, 3.05) is 0 Å². The van der Waals surface area contributed by atoms with E-state index in [1.807, 2.05) is 18.2 Å². The minimum atomic E-state index is 0.0166. The molecular formula is C16H17N3O. The van der Waals surface area contributed by atoms with Crippen molar-refractivity contribution >= 4 is 21.9 Å². The van der Waals surface area contributed by atoms with E-state index in [0.29, 0.717) is 10.8 Å². The van der Waals surface area contributed by atoms with Crippen LogP contribution in [0.3, 0.4) is 0 Å². The van der Waals surface area contributed by atoms with Gasteiger partial charge in [0.2, 0.25) is 0 Å². The van der Waals surface area contributed by atoms with Gasteiger partial charge in [-0.25, -0.2) is 4.98 Å². The standard InChI is InChI=1S/C16H17N3O/c1-2-3-4-10-19-14-7-9-17-11-13(14)15(20)12-6-5-8-18-16(12)19/h5-9,11H,2-4,10H2,1H3. The predicted molar refractivity (Wildman–Crippen MR) is 80.8 cm³/mol. The van der Waals surface area contributed by atoms with Gasteiger partial charge in [0.15, 0.2) is 5.43 Å². The number of fused-ring (bicyclic) bond motifs is 2. The first-order chi connectivity index (χ1) is 9.83. The van der Waals surface area contributed by atoms with E-state index in [2.05, 4.69) is 21.5 Å². The molecule has 0 saturated carbocycles. The molecule has 0 bridgehead atoms. The van der Waals surface area contributed by atoms with Crippen LogP contribution in [0.4, 0.5) is 0 Å². The smallest absolute Gasteiger partial charge is 0.200 e. The van der Waals surface area contributed by atoms with E-state index in [9.17, 15) is 4.79 Å². The number of unbranched alkanes of at least 4 members (excludes halogenated alkanes) is 2. The zero-order chi connectivity index (χ0) is 13.9. The number of rotatable bonds is 4. The van der Waals surface area contributed by atoms with Gasteiger partial charge >= 0.3 is 0 Å². The summed E-state index contributed by atoms with van der Waals surface area (Å²) in [5.74, 6) is 0.